The van der Waals surface area contributed by atoms with E-state index < -0.39 is 6.36 Å². The van der Waals surface area contributed by atoms with Crippen molar-refractivity contribution in [1.29, 1.82) is 0 Å². The number of amidine groups is 1. The van der Waals surface area contributed by atoms with Gasteiger partial charge in [0.25, 0.3) is 0 Å². The molecular formula is C31H32F3N7O2S. The molecule has 3 aromatic carbocycles. The van der Waals surface area contributed by atoms with Crippen LogP contribution < -0.4 is 20.4 Å². The van der Waals surface area contributed by atoms with Gasteiger partial charge in [0, 0.05) is 11.6 Å². The highest BCUT2D eigenvalue weighted by atomic mass is 32.2. The number of anilines is 2. The minimum atomic E-state index is -4.77. The number of para-hydroxylation sites is 1. The van der Waals surface area contributed by atoms with Crippen LogP contribution in [0.5, 0.6) is 5.75 Å². The number of amides is 1. The van der Waals surface area contributed by atoms with Gasteiger partial charge in [-0.05, 0) is 61.2 Å². The van der Waals surface area contributed by atoms with E-state index in [1.54, 1.807) is 9.58 Å². The summed E-state index contributed by atoms with van der Waals surface area (Å²) in [5.74, 6) is 1.17. The minimum Gasteiger partial charge on any atom is -0.406 e. The summed E-state index contributed by atoms with van der Waals surface area (Å²) in [6.07, 6.45) is -4.77. The first-order valence-electron chi connectivity index (χ1n) is 14.0. The lowest BCUT2D eigenvalue weighted by Gasteiger charge is -2.21. The molecule has 1 amide bonds. The fourth-order valence-electron chi connectivity index (χ4n) is 4.59. The van der Waals surface area contributed by atoms with Gasteiger partial charge in [-0.1, -0.05) is 68.1 Å². The number of halogens is 3. The van der Waals surface area contributed by atoms with Crippen LogP contribution in [0.15, 0.2) is 77.9 Å². The van der Waals surface area contributed by atoms with Gasteiger partial charge in [0.15, 0.2) is 11.0 Å². The summed E-state index contributed by atoms with van der Waals surface area (Å²) in [4.78, 5) is 19.1. The van der Waals surface area contributed by atoms with Gasteiger partial charge in [-0.25, -0.2) is 0 Å². The van der Waals surface area contributed by atoms with Crippen molar-refractivity contribution in [2.45, 2.75) is 52.6 Å². The highest BCUT2D eigenvalue weighted by molar-refractivity contribution is 8.15. The number of aromatic nitrogens is 3. The molecule has 0 unspecified atom stereocenters. The number of hydrogen-bond acceptors (Lipinski definition) is 8. The number of ether oxygens (including phenoxy) is 1. The van der Waals surface area contributed by atoms with Crippen LogP contribution in [0.1, 0.15) is 44.7 Å². The number of nitrogens with one attached hydrogen (secondary N) is 2. The Morgan fingerprint density at radius 1 is 1.00 bits per heavy atom. The molecular weight excluding hydrogens is 591 g/mol. The Balaban J connectivity index is 1.30. The van der Waals surface area contributed by atoms with Crippen LogP contribution in [0.4, 0.5) is 24.8 Å². The monoisotopic (exact) mass is 623 g/mol. The predicted octanol–water partition coefficient (Wildman–Crippen LogP) is 6.92. The number of thioether (sulfide) groups is 1. The average molecular weight is 624 g/mol. The molecule has 1 fully saturated rings. The molecule has 13 heteroatoms. The molecule has 1 aliphatic heterocycles. The van der Waals surface area contributed by atoms with Gasteiger partial charge in [0.05, 0.1) is 23.7 Å². The van der Waals surface area contributed by atoms with E-state index in [1.165, 1.54) is 36.0 Å². The van der Waals surface area contributed by atoms with E-state index >= 15 is 0 Å². The quantitative estimate of drug-likeness (QED) is 0.185. The fourth-order valence-corrected chi connectivity index (χ4v) is 5.43. The molecule has 9 nitrogen and oxygen atoms in total. The van der Waals surface area contributed by atoms with Crippen LogP contribution >= 0.6 is 11.8 Å². The summed E-state index contributed by atoms with van der Waals surface area (Å²) in [7, 11) is 0. The van der Waals surface area contributed by atoms with Crippen LogP contribution in [0.3, 0.4) is 0 Å². The van der Waals surface area contributed by atoms with Crippen molar-refractivity contribution in [3.63, 3.8) is 0 Å². The molecule has 0 radical (unpaired) electrons. The van der Waals surface area contributed by atoms with E-state index in [2.05, 4.69) is 44.5 Å². The van der Waals surface area contributed by atoms with E-state index in [-0.39, 0.29) is 23.6 Å². The molecule has 2 heterocycles. The SMILES string of the molecule is CC(C)Nc1nc(-c2ccc(CN/N=C3\SCC(=O)N3c3ccccc3C(C)C)cc2)nn1-c1ccc(OC(F)(F)F)cc1. The molecule has 1 aromatic heterocycles. The Bertz CT molecular complexity index is 1640. The van der Waals surface area contributed by atoms with Crippen molar-refractivity contribution >= 4 is 34.5 Å². The highest BCUT2D eigenvalue weighted by Crippen LogP contribution is 2.33. The van der Waals surface area contributed by atoms with Gasteiger partial charge in [-0.3, -0.25) is 9.69 Å². The molecule has 1 aliphatic rings. The summed E-state index contributed by atoms with van der Waals surface area (Å²) >= 11 is 1.40. The Morgan fingerprint density at radius 2 is 1.70 bits per heavy atom. The largest absolute Gasteiger partial charge is 0.573 e. The Morgan fingerprint density at radius 3 is 2.36 bits per heavy atom. The topological polar surface area (TPSA) is 96.7 Å². The number of hydrogen-bond donors (Lipinski definition) is 2. The van der Waals surface area contributed by atoms with E-state index in [1.807, 2.05) is 62.4 Å². The predicted molar refractivity (Wildman–Crippen MR) is 167 cm³/mol. The Kier molecular flexibility index (Phi) is 9.14. The van der Waals surface area contributed by atoms with Gasteiger partial charge in [-0.15, -0.1) is 18.3 Å². The molecule has 0 aliphatic carbocycles. The van der Waals surface area contributed by atoms with Gasteiger partial charge in [-0.2, -0.15) is 14.8 Å². The molecule has 0 saturated carbocycles. The number of hydrazone groups is 1. The first kappa shape index (κ1) is 30.9. The molecule has 0 atom stereocenters. The zero-order chi connectivity index (χ0) is 31.4. The van der Waals surface area contributed by atoms with Crippen molar-refractivity contribution < 1.29 is 22.7 Å². The molecule has 5 rings (SSSR count). The van der Waals surface area contributed by atoms with E-state index in [0.717, 1.165) is 22.4 Å². The number of carbonyl (C=O) groups excluding carboxylic acids is 1. The molecule has 2 N–H and O–H groups in total. The van der Waals surface area contributed by atoms with Crippen molar-refractivity contribution in [3.05, 3.63) is 83.9 Å². The van der Waals surface area contributed by atoms with Crippen molar-refractivity contribution in [2.24, 2.45) is 5.10 Å². The maximum Gasteiger partial charge on any atom is 0.573 e. The number of benzene rings is 3. The smallest absolute Gasteiger partial charge is 0.406 e. The number of nitrogens with zero attached hydrogens (tertiary/aromatic N) is 5. The number of carbonyl (C=O) groups is 1. The highest BCUT2D eigenvalue weighted by Gasteiger charge is 2.32. The molecule has 0 spiro atoms. The molecule has 1 saturated heterocycles. The van der Waals surface area contributed by atoms with E-state index in [0.29, 0.717) is 34.9 Å². The van der Waals surface area contributed by atoms with E-state index in [9.17, 15) is 18.0 Å². The normalized spacial score (nSPS) is 14.6. The fraction of sp³-hybridized carbons (Fsp3) is 0.290. The summed E-state index contributed by atoms with van der Waals surface area (Å²) in [5, 5.41) is 13.0. The third-order valence-corrected chi connectivity index (χ3v) is 7.50. The van der Waals surface area contributed by atoms with Crippen LogP contribution in [0.25, 0.3) is 17.1 Å². The summed E-state index contributed by atoms with van der Waals surface area (Å²) in [5.41, 5.74) is 7.28. The van der Waals surface area contributed by atoms with Gasteiger partial charge in [0.1, 0.15) is 5.75 Å². The lowest BCUT2D eigenvalue weighted by atomic mass is 10.0. The second kappa shape index (κ2) is 13.0. The maximum absolute atomic E-state index is 12.7. The molecule has 230 valence electrons. The summed E-state index contributed by atoms with van der Waals surface area (Å²) in [6.45, 7) is 8.54. The second-order valence-corrected chi connectivity index (χ2v) is 11.6. The minimum absolute atomic E-state index is 0.00292. The summed E-state index contributed by atoms with van der Waals surface area (Å²) < 4.78 is 43.3. The maximum atomic E-state index is 12.7. The van der Waals surface area contributed by atoms with Crippen LogP contribution in [0, 0.1) is 0 Å². The lowest BCUT2D eigenvalue weighted by molar-refractivity contribution is -0.274. The average Bonchev–Trinajstić information content (AvgIpc) is 3.55. The number of rotatable bonds is 10. The van der Waals surface area contributed by atoms with Gasteiger partial charge in [0.2, 0.25) is 11.9 Å². The molecule has 0 bridgehead atoms. The first-order chi connectivity index (χ1) is 21.0. The lowest BCUT2D eigenvalue weighted by Crippen LogP contribution is -2.31. The van der Waals surface area contributed by atoms with Gasteiger partial charge >= 0.3 is 6.36 Å². The third-order valence-electron chi connectivity index (χ3n) is 6.57. The van der Waals surface area contributed by atoms with E-state index in [4.69, 9.17) is 0 Å². The third kappa shape index (κ3) is 7.33. The van der Waals surface area contributed by atoms with Crippen LogP contribution in [-0.2, 0) is 11.3 Å². The van der Waals surface area contributed by atoms with Crippen molar-refractivity contribution in [3.8, 4) is 22.8 Å². The van der Waals surface area contributed by atoms with Crippen LogP contribution in [-0.4, -0.2) is 44.0 Å². The summed E-state index contributed by atoms with van der Waals surface area (Å²) in [6, 6.07) is 21.0. The first-order valence-corrected chi connectivity index (χ1v) is 15.0. The zero-order valence-electron chi connectivity index (χ0n) is 24.6. The standard InChI is InChI=1S/C31H32F3N7O2S/c1-19(2)25-7-5-6-8-26(25)40-27(42)18-44-30(40)38-35-17-21-9-11-22(12-10-21)28-37-29(36-20(3)4)41(39-28)23-13-15-24(16-14-23)43-31(32,33)34/h5-16,19-20,35H,17-18H2,1-4H3,(H,36,37,39)/b38-30-. The number of alkyl halides is 3. The van der Waals surface area contributed by atoms with Crippen LogP contribution in [0.2, 0.25) is 0 Å². The Labute approximate surface area is 257 Å². The molecule has 44 heavy (non-hydrogen) atoms. The van der Waals surface area contributed by atoms with Crippen molar-refractivity contribution in [2.75, 3.05) is 16.0 Å². The van der Waals surface area contributed by atoms with Crippen molar-refractivity contribution in [1.82, 2.24) is 20.2 Å². The molecule has 4 aromatic rings. The Hall–Kier alpha value is -4.52. The second-order valence-electron chi connectivity index (χ2n) is 10.7. The zero-order valence-corrected chi connectivity index (χ0v) is 25.4. The van der Waals surface area contributed by atoms with Gasteiger partial charge < -0.3 is 15.5 Å².